The van der Waals surface area contributed by atoms with E-state index in [9.17, 15) is 15.0 Å². The van der Waals surface area contributed by atoms with Gasteiger partial charge in [0.2, 0.25) is 0 Å². The summed E-state index contributed by atoms with van der Waals surface area (Å²) in [4.78, 5) is 12.2. The van der Waals surface area contributed by atoms with Crippen molar-refractivity contribution in [2.24, 2.45) is 0 Å². The van der Waals surface area contributed by atoms with E-state index in [0.717, 1.165) is 5.56 Å². The highest BCUT2D eigenvalue weighted by Gasteiger charge is 2.20. The number of benzene rings is 2. The van der Waals surface area contributed by atoms with E-state index >= 15 is 0 Å². The summed E-state index contributed by atoms with van der Waals surface area (Å²) in [6.45, 7) is 3.37. The zero-order chi connectivity index (χ0) is 14.8. The topological polar surface area (TPSA) is 57.5 Å². The molecule has 0 aliphatic heterocycles. The number of hydrogen-bond acceptors (Lipinski definition) is 3. The molecule has 0 saturated carbocycles. The van der Waals surface area contributed by atoms with Crippen LogP contribution in [0.3, 0.4) is 0 Å². The van der Waals surface area contributed by atoms with E-state index in [1.165, 1.54) is 0 Å². The van der Waals surface area contributed by atoms with Gasteiger partial charge < -0.3 is 10.2 Å². The maximum atomic E-state index is 12.2. The van der Waals surface area contributed by atoms with Crippen molar-refractivity contribution < 1.29 is 15.0 Å². The number of carbonyl (C=O) groups excluding carboxylic acids is 1. The zero-order valence-corrected chi connectivity index (χ0v) is 11.6. The van der Waals surface area contributed by atoms with E-state index in [1.807, 2.05) is 6.07 Å². The molecule has 0 saturated heterocycles. The van der Waals surface area contributed by atoms with E-state index in [-0.39, 0.29) is 5.78 Å². The normalized spacial score (nSPS) is 13.0. The highest BCUT2D eigenvalue weighted by molar-refractivity contribution is 5.99. The summed E-state index contributed by atoms with van der Waals surface area (Å²) < 4.78 is 0. The molecular formula is C17H18O3. The molecule has 0 amide bonds. The van der Waals surface area contributed by atoms with Gasteiger partial charge in [-0.25, -0.2) is 0 Å². The fourth-order valence-electron chi connectivity index (χ4n) is 1.99. The number of aliphatic hydroxyl groups excluding tert-OH is 1. The van der Waals surface area contributed by atoms with Crippen LogP contribution in [-0.2, 0) is 5.60 Å². The van der Waals surface area contributed by atoms with Crippen LogP contribution in [0.15, 0.2) is 54.6 Å². The van der Waals surface area contributed by atoms with Crippen molar-refractivity contribution in [1.29, 1.82) is 0 Å². The highest BCUT2D eigenvalue weighted by Crippen LogP contribution is 2.22. The van der Waals surface area contributed by atoms with Crippen molar-refractivity contribution >= 4 is 5.78 Å². The summed E-state index contributed by atoms with van der Waals surface area (Å²) in [6.07, 6.45) is -1.16. The van der Waals surface area contributed by atoms with Crippen LogP contribution in [0.2, 0.25) is 0 Å². The van der Waals surface area contributed by atoms with Gasteiger partial charge in [-0.15, -0.1) is 0 Å². The molecule has 0 radical (unpaired) electrons. The molecule has 0 heterocycles. The Morgan fingerprint density at radius 1 is 1.00 bits per heavy atom. The van der Waals surface area contributed by atoms with Crippen molar-refractivity contribution in [1.82, 2.24) is 0 Å². The fourth-order valence-corrected chi connectivity index (χ4v) is 1.99. The van der Waals surface area contributed by atoms with Gasteiger partial charge in [0.15, 0.2) is 5.78 Å². The molecule has 0 bridgehead atoms. The van der Waals surface area contributed by atoms with Crippen molar-refractivity contribution in [2.75, 3.05) is 0 Å². The quantitative estimate of drug-likeness (QED) is 0.840. The lowest BCUT2D eigenvalue weighted by atomic mass is 9.94. The molecule has 0 aliphatic carbocycles. The number of Topliss-reactive ketones (excluding diaryl/α,β-unsaturated/α-hetero) is 1. The maximum absolute atomic E-state index is 12.2. The average molecular weight is 270 g/mol. The Balaban J connectivity index is 2.22. The standard InChI is InChI=1S/C17H18O3/c1-17(2,20)14-10-8-13(9-11-14)16(19)15(18)12-6-4-3-5-7-12/h3-11,15,18,20H,1-2H3. The van der Waals surface area contributed by atoms with Crippen molar-refractivity contribution in [3.63, 3.8) is 0 Å². The summed E-state index contributed by atoms with van der Waals surface area (Å²) in [6, 6.07) is 15.5. The van der Waals surface area contributed by atoms with Gasteiger partial charge in [0.1, 0.15) is 6.10 Å². The smallest absolute Gasteiger partial charge is 0.195 e. The second kappa shape index (κ2) is 5.57. The van der Waals surface area contributed by atoms with Crippen LogP contribution < -0.4 is 0 Å². The lowest BCUT2D eigenvalue weighted by Gasteiger charge is -2.18. The number of rotatable bonds is 4. The molecule has 2 aromatic carbocycles. The summed E-state index contributed by atoms with van der Waals surface area (Å²) in [7, 11) is 0. The average Bonchev–Trinajstić information content (AvgIpc) is 2.46. The Kier molecular flexibility index (Phi) is 4.02. The van der Waals surface area contributed by atoms with Crippen LogP contribution in [0.1, 0.15) is 41.4 Å². The maximum Gasteiger partial charge on any atom is 0.195 e. The van der Waals surface area contributed by atoms with Gasteiger partial charge in [0, 0.05) is 5.56 Å². The first-order chi connectivity index (χ1) is 9.39. The first-order valence-electron chi connectivity index (χ1n) is 6.50. The van der Waals surface area contributed by atoms with E-state index in [0.29, 0.717) is 11.1 Å². The third-order valence-electron chi connectivity index (χ3n) is 3.24. The Morgan fingerprint density at radius 2 is 1.55 bits per heavy atom. The Hall–Kier alpha value is -1.97. The molecule has 0 aromatic heterocycles. The van der Waals surface area contributed by atoms with Gasteiger partial charge in [-0.3, -0.25) is 4.79 Å². The minimum absolute atomic E-state index is 0.349. The lowest BCUT2D eigenvalue weighted by molar-refractivity contribution is 0.0741. The van der Waals surface area contributed by atoms with E-state index in [2.05, 4.69) is 0 Å². The minimum atomic E-state index is -1.16. The van der Waals surface area contributed by atoms with Gasteiger partial charge in [-0.2, -0.15) is 0 Å². The molecule has 20 heavy (non-hydrogen) atoms. The van der Waals surface area contributed by atoms with Crippen LogP contribution in [0.5, 0.6) is 0 Å². The lowest BCUT2D eigenvalue weighted by Crippen LogP contribution is -2.16. The molecule has 2 N–H and O–H groups in total. The van der Waals surface area contributed by atoms with Crippen LogP contribution in [-0.4, -0.2) is 16.0 Å². The van der Waals surface area contributed by atoms with Crippen LogP contribution in [0, 0.1) is 0 Å². The third-order valence-corrected chi connectivity index (χ3v) is 3.24. The SMILES string of the molecule is CC(C)(O)c1ccc(C(=O)C(O)c2ccccc2)cc1. The van der Waals surface area contributed by atoms with Gasteiger partial charge in [-0.05, 0) is 25.0 Å². The monoisotopic (exact) mass is 270 g/mol. The molecule has 0 aliphatic rings. The Labute approximate surface area is 118 Å². The molecule has 1 unspecified atom stereocenters. The summed E-state index contributed by atoms with van der Waals surface area (Å²) in [5, 5.41) is 19.9. The van der Waals surface area contributed by atoms with Crippen molar-refractivity contribution in [3.05, 3.63) is 71.3 Å². The van der Waals surface area contributed by atoms with Crippen LogP contribution >= 0.6 is 0 Å². The van der Waals surface area contributed by atoms with Gasteiger partial charge in [0.25, 0.3) is 0 Å². The Morgan fingerprint density at radius 3 is 2.05 bits per heavy atom. The first-order valence-corrected chi connectivity index (χ1v) is 6.50. The van der Waals surface area contributed by atoms with Crippen molar-refractivity contribution in [2.45, 2.75) is 25.6 Å². The minimum Gasteiger partial charge on any atom is -0.386 e. The zero-order valence-electron chi connectivity index (χ0n) is 11.6. The highest BCUT2D eigenvalue weighted by atomic mass is 16.3. The van der Waals surface area contributed by atoms with Gasteiger partial charge in [0.05, 0.1) is 5.60 Å². The van der Waals surface area contributed by atoms with Crippen LogP contribution in [0.25, 0.3) is 0 Å². The van der Waals surface area contributed by atoms with E-state index < -0.39 is 11.7 Å². The molecule has 3 heteroatoms. The first kappa shape index (κ1) is 14.4. The second-order valence-electron chi connectivity index (χ2n) is 5.31. The molecular weight excluding hydrogens is 252 g/mol. The Bertz CT molecular complexity index is 580. The van der Waals surface area contributed by atoms with E-state index in [1.54, 1.807) is 62.4 Å². The molecule has 104 valence electrons. The molecule has 3 nitrogen and oxygen atoms in total. The molecule has 0 fully saturated rings. The van der Waals surface area contributed by atoms with E-state index in [4.69, 9.17) is 0 Å². The van der Waals surface area contributed by atoms with Crippen LogP contribution in [0.4, 0.5) is 0 Å². The fraction of sp³-hybridized carbons (Fsp3) is 0.235. The predicted octanol–water partition coefficient (Wildman–Crippen LogP) is 2.83. The predicted molar refractivity (Wildman–Crippen MR) is 77.4 cm³/mol. The number of hydrogen-bond donors (Lipinski definition) is 2. The molecule has 0 spiro atoms. The largest absolute Gasteiger partial charge is 0.386 e. The van der Waals surface area contributed by atoms with Gasteiger partial charge >= 0.3 is 0 Å². The summed E-state index contributed by atoms with van der Waals surface area (Å²) >= 11 is 0. The number of carbonyl (C=O) groups is 1. The summed E-state index contributed by atoms with van der Waals surface area (Å²) in [5.74, 6) is -0.349. The van der Waals surface area contributed by atoms with Gasteiger partial charge in [-0.1, -0.05) is 54.6 Å². The molecule has 1 atom stereocenters. The van der Waals surface area contributed by atoms with Crippen molar-refractivity contribution in [3.8, 4) is 0 Å². The second-order valence-corrected chi connectivity index (χ2v) is 5.31. The number of aliphatic hydroxyl groups is 2. The molecule has 2 aromatic rings. The summed E-state index contributed by atoms with van der Waals surface area (Å²) in [5.41, 5.74) is 0.779. The number of ketones is 1. The third kappa shape index (κ3) is 3.13. The molecule has 2 rings (SSSR count).